The Bertz CT molecular complexity index is 733. The van der Waals surface area contributed by atoms with E-state index in [1.807, 2.05) is 35.7 Å². The lowest BCUT2D eigenvalue weighted by molar-refractivity contribution is 0.0792. The van der Waals surface area contributed by atoms with Gasteiger partial charge in [-0.15, -0.1) is 0 Å². The van der Waals surface area contributed by atoms with Gasteiger partial charge in [0, 0.05) is 31.5 Å². The van der Waals surface area contributed by atoms with E-state index < -0.39 is 10.8 Å². The smallest absolute Gasteiger partial charge is 0.255 e. The number of likely N-dealkylation sites (tertiary alicyclic amines) is 1. The number of carbonyl (C=O) groups is 1. The third-order valence-electron chi connectivity index (χ3n) is 4.08. The molecule has 2 aromatic rings. The molecule has 1 amide bonds. The second-order valence-electron chi connectivity index (χ2n) is 6.26. The van der Waals surface area contributed by atoms with Crippen LogP contribution in [0, 0.1) is 0 Å². The van der Waals surface area contributed by atoms with Crippen molar-refractivity contribution in [1.82, 2.24) is 19.7 Å². The molecule has 3 rings (SSSR count). The molecule has 3 heterocycles. The minimum atomic E-state index is -1.27. The Balaban J connectivity index is 1.65. The number of carbonyl (C=O) groups excluding carboxylic acids is 1. The van der Waals surface area contributed by atoms with Crippen LogP contribution in [0.2, 0.25) is 0 Å². The first-order valence-electron chi connectivity index (χ1n) is 8.22. The zero-order valence-electron chi connectivity index (χ0n) is 14.0. The van der Waals surface area contributed by atoms with Crippen LogP contribution in [0.1, 0.15) is 48.8 Å². The van der Waals surface area contributed by atoms with E-state index in [4.69, 9.17) is 0 Å². The molecular weight excluding hydrogens is 324 g/mol. The Morgan fingerprint density at radius 3 is 2.58 bits per heavy atom. The van der Waals surface area contributed by atoms with Crippen molar-refractivity contribution in [3.8, 4) is 0 Å². The van der Waals surface area contributed by atoms with Gasteiger partial charge < -0.3 is 4.90 Å². The van der Waals surface area contributed by atoms with Crippen LogP contribution in [-0.2, 0) is 16.6 Å². The number of pyridine rings is 1. The molecule has 1 aliphatic heterocycles. The van der Waals surface area contributed by atoms with Crippen LogP contribution >= 0.6 is 0 Å². The summed E-state index contributed by atoms with van der Waals surface area (Å²) in [4.78, 5) is 18.3. The number of aromatic nitrogens is 3. The fourth-order valence-electron chi connectivity index (χ4n) is 2.69. The quantitative estimate of drug-likeness (QED) is 0.834. The van der Waals surface area contributed by atoms with Gasteiger partial charge in [0.1, 0.15) is 5.03 Å². The predicted molar refractivity (Wildman–Crippen MR) is 92.1 cm³/mol. The molecule has 0 saturated carbocycles. The second-order valence-corrected chi connectivity index (χ2v) is 7.65. The molecule has 1 fully saturated rings. The van der Waals surface area contributed by atoms with Gasteiger partial charge in [-0.25, -0.2) is 4.98 Å². The van der Waals surface area contributed by atoms with Crippen molar-refractivity contribution < 1.29 is 9.00 Å². The number of rotatable bonds is 5. The number of amides is 1. The van der Waals surface area contributed by atoms with Crippen LogP contribution in [0.3, 0.4) is 0 Å². The Morgan fingerprint density at radius 1 is 1.25 bits per heavy atom. The maximum absolute atomic E-state index is 12.4. The van der Waals surface area contributed by atoms with Gasteiger partial charge in [-0.2, -0.15) is 5.10 Å². The fourth-order valence-corrected chi connectivity index (χ4v) is 3.66. The maximum Gasteiger partial charge on any atom is 0.255 e. The van der Waals surface area contributed by atoms with Crippen LogP contribution < -0.4 is 0 Å². The molecule has 2 aromatic heterocycles. The lowest BCUT2D eigenvalue weighted by Gasteiger charge is -2.14. The Kier molecular flexibility index (Phi) is 5.08. The monoisotopic (exact) mass is 346 g/mol. The van der Waals surface area contributed by atoms with Crippen molar-refractivity contribution in [2.45, 2.75) is 43.5 Å². The van der Waals surface area contributed by atoms with Gasteiger partial charge in [-0.3, -0.25) is 13.7 Å². The summed E-state index contributed by atoms with van der Waals surface area (Å²) >= 11 is 0. The van der Waals surface area contributed by atoms with Crippen molar-refractivity contribution in [1.29, 1.82) is 0 Å². The summed E-state index contributed by atoms with van der Waals surface area (Å²) in [5.74, 6) is 0.333. The standard InChI is InChI=1S/C17H22N4O2S/c1-13(2)21-10-7-15(19-21)12-24(23)16-6-5-14(11-18-16)17(22)20-8-3-4-9-20/h5-7,10-11,13H,3-4,8-9,12H2,1-2H3/t24-/m0/s1. The highest BCUT2D eigenvalue weighted by molar-refractivity contribution is 7.84. The topological polar surface area (TPSA) is 68.1 Å². The molecule has 1 saturated heterocycles. The van der Waals surface area contributed by atoms with Crippen molar-refractivity contribution in [3.63, 3.8) is 0 Å². The highest BCUT2D eigenvalue weighted by atomic mass is 32.2. The molecule has 1 atom stereocenters. The number of hydrogen-bond acceptors (Lipinski definition) is 4. The molecule has 0 aromatic carbocycles. The fraction of sp³-hybridized carbons (Fsp3) is 0.471. The zero-order chi connectivity index (χ0) is 17.1. The number of hydrogen-bond donors (Lipinski definition) is 0. The van der Waals surface area contributed by atoms with Gasteiger partial charge in [-0.1, -0.05) is 0 Å². The molecular formula is C17H22N4O2S. The van der Waals surface area contributed by atoms with Crippen LogP contribution in [-0.4, -0.2) is 42.9 Å². The lowest BCUT2D eigenvalue weighted by atomic mass is 10.2. The van der Waals surface area contributed by atoms with E-state index in [0.29, 0.717) is 16.3 Å². The van der Waals surface area contributed by atoms with E-state index in [0.717, 1.165) is 31.6 Å². The van der Waals surface area contributed by atoms with E-state index in [2.05, 4.69) is 10.1 Å². The van der Waals surface area contributed by atoms with Gasteiger partial charge in [0.15, 0.2) is 0 Å². The summed E-state index contributed by atoms with van der Waals surface area (Å²) < 4.78 is 14.3. The summed E-state index contributed by atoms with van der Waals surface area (Å²) in [6, 6.07) is 5.55. The predicted octanol–water partition coefficient (Wildman–Crippen LogP) is 2.40. The van der Waals surface area contributed by atoms with Crippen molar-refractivity contribution in [3.05, 3.63) is 41.9 Å². The van der Waals surface area contributed by atoms with Crippen molar-refractivity contribution in [2.24, 2.45) is 0 Å². The van der Waals surface area contributed by atoms with Crippen molar-refractivity contribution >= 4 is 16.7 Å². The minimum Gasteiger partial charge on any atom is -0.339 e. The van der Waals surface area contributed by atoms with E-state index in [-0.39, 0.29) is 11.9 Å². The Morgan fingerprint density at radius 2 is 2.00 bits per heavy atom. The molecule has 0 aliphatic carbocycles. The maximum atomic E-state index is 12.4. The van der Waals surface area contributed by atoms with Crippen LogP contribution in [0.4, 0.5) is 0 Å². The molecule has 0 bridgehead atoms. The first kappa shape index (κ1) is 16.8. The summed E-state index contributed by atoms with van der Waals surface area (Å²) in [5, 5.41) is 4.89. The molecule has 24 heavy (non-hydrogen) atoms. The average molecular weight is 346 g/mol. The third-order valence-corrected chi connectivity index (χ3v) is 5.35. The first-order chi connectivity index (χ1) is 11.5. The molecule has 128 valence electrons. The molecule has 0 N–H and O–H groups in total. The van der Waals surface area contributed by atoms with Gasteiger partial charge in [0.05, 0.1) is 27.8 Å². The Hall–Kier alpha value is -2.02. The first-order valence-corrected chi connectivity index (χ1v) is 9.54. The molecule has 0 unspecified atom stereocenters. The van der Waals surface area contributed by atoms with E-state index in [1.165, 1.54) is 6.20 Å². The highest BCUT2D eigenvalue weighted by Gasteiger charge is 2.20. The summed E-state index contributed by atoms with van der Waals surface area (Å²) in [6.45, 7) is 5.72. The lowest BCUT2D eigenvalue weighted by Crippen LogP contribution is -2.27. The average Bonchev–Trinajstić information content (AvgIpc) is 3.26. The second kappa shape index (κ2) is 7.25. The van der Waals surface area contributed by atoms with E-state index >= 15 is 0 Å². The van der Waals surface area contributed by atoms with Crippen LogP contribution in [0.15, 0.2) is 35.6 Å². The van der Waals surface area contributed by atoms with Gasteiger partial charge in [-0.05, 0) is 44.9 Å². The van der Waals surface area contributed by atoms with Gasteiger partial charge in [0.25, 0.3) is 5.91 Å². The van der Waals surface area contributed by atoms with Gasteiger partial charge in [0.2, 0.25) is 0 Å². The molecule has 6 nitrogen and oxygen atoms in total. The Labute approximate surface area is 144 Å². The van der Waals surface area contributed by atoms with Crippen LogP contribution in [0.5, 0.6) is 0 Å². The molecule has 0 spiro atoms. The van der Waals surface area contributed by atoms with Crippen molar-refractivity contribution in [2.75, 3.05) is 13.1 Å². The summed E-state index contributed by atoms with van der Waals surface area (Å²) in [7, 11) is -1.27. The highest BCUT2D eigenvalue weighted by Crippen LogP contribution is 2.15. The molecule has 1 aliphatic rings. The summed E-state index contributed by atoms with van der Waals surface area (Å²) in [5.41, 5.74) is 1.34. The third kappa shape index (κ3) is 3.72. The van der Waals surface area contributed by atoms with Crippen LogP contribution in [0.25, 0.3) is 0 Å². The zero-order valence-corrected chi connectivity index (χ0v) is 14.8. The summed E-state index contributed by atoms with van der Waals surface area (Å²) in [6.07, 6.45) is 5.54. The van der Waals surface area contributed by atoms with Gasteiger partial charge >= 0.3 is 0 Å². The van der Waals surface area contributed by atoms with E-state index in [9.17, 15) is 9.00 Å². The molecule has 0 radical (unpaired) electrons. The largest absolute Gasteiger partial charge is 0.339 e. The van der Waals surface area contributed by atoms with E-state index in [1.54, 1.807) is 12.1 Å². The molecule has 7 heteroatoms. The number of nitrogens with zero attached hydrogens (tertiary/aromatic N) is 4. The SMILES string of the molecule is CC(C)n1ccc(C[S@](=O)c2ccc(C(=O)N3CCCC3)cn2)n1. The minimum absolute atomic E-state index is 0.00742. The normalized spacial score (nSPS) is 15.9.